The zero-order valence-corrected chi connectivity index (χ0v) is 17.6. The quantitative estimate of drug-likeness (QED) is 0.425. The van der Waals surface area contributed by atoms with Gasteiger partial charge in [-0.2, -0.15) is 0 Å². The maximum atomic E-state index is 13.3. The van der Waals surface area contributed by atoms with Crippen LogP contribution in [0, 0.1) is 0 Å². The molecule has 0 spiro atoms. The first kappa shape index (κ1) is 19.0. The van der Waals surface area contributed by atoms with Crippen LogP contribution < -0.4 is 8.92 Å². The number of hydrogen-bond acceptors (Lipinski definition) is 3. The van der Waals surface area contributed by atoms with Crippen LogP contribution in [0.15, 0.2) is 60.7 Å². The van der Waals surface area contributed by atoms with Gasteiger partial charge in [-0.3, -0.25) is 0 Å². The van der Waals surface area contributed by atoms with E-state index >= 15 is 0 Å². The first-order valence-electron chi connectivity index (χ1n) is 7.50. The van der Waals surface area contributed by atoms with Crippen molar-refractivity contribution in [1.29, 1.82) is 0 Å². The Balaban J connectivity index is 2.27. The minimum absolute atomic E-state index is 0.0387. The Morgan fingerprint density at radius 1 is 0.826 bits per heavy atom. The van der Waals surface area contributed by atoms with Crippen molar-refractivity contribution < 1.29 is 13.6 Å². The van der Waals surface area contributed by atoms with Crippen molar-refractivity contribution in [2.75, 3.05) is 13.2 Å². The predicted molar refractivity (Wildman–Crippen MR) is 98.3 cm³/mol. The molecule has 0 fully saturated rings. The van der Waals surface area contributed by atoms with E-state index in [-0.39, 0.29) is 33.4 Å². The van der Waals surface area contributed by atoms with Gasteiger partial charge in [0.15, 0.2) is 0 Å². The van der Waals surface area contributed by atoms with E-state index in [4.69, 9.17) is 9.05 Å². The van der Waals surface area contributed by atoms with Crippen LogP contribution in [-0.4, -0.2) is 46.6 Å². The second-order valence-electron chi connectivity index (χ2n) is 4.54. The SMILES string of the molecule is CCOP(=O)(OCC)C([Se]c1ccccc1)[Se]c1ccccc1. The van der Waals surface area contributed by atoms with Gasteiger partial charge in [-0.25, -0.2) is 0 Å². The summed E-state index contributed by atoms with van der Waals surface area (Å²) in [6.45, 7) is 4.55. The van der Waals surface area contributed by atoms with Crippen LogP contribution in [0.25, 0.3) is 0 Å². The van der Waals surface area contributed by atoms with Gasteiger partial charge in [0.05, 0.1) is 0 Å². The van der Waals surface area contributed by atoms with E-state index in [1.807, 2.05) is 50.2 Å². The Hall–Kier alpha value is -0.371. The minimum atomic E-state index is -3.10. The molecular formula is C17H21O3PSe2. The third-order valence-electron chi connectivity index (χ3n) is 2.84. The summed E-state index contributed by atoms with van der Waals surface area (Å²) in [5.41, 5.74) is 0. The van der Waals surface area contributed by atoms with Gasteiger partial charge in [-0.1, -0.05) is 0 Å². The topological polar surface area (TPSA) is 35.5 Å². The molecule has 0 atom stereocenters. The van der Waals surface area contributed by atoms with Crippen LogP contribution in [0.5, 0.6) is 0 Å². The fourth-order valence-electron chi connectivity index (χ4n) is 1.90. The van der Waals surface area contributed by atoms with Gasteiger partial charge in [-0.05, 0) is 0 Å². The van der Waals surface area contributed by atoms with Crippen LogP contribution >= 0.6 is 7.60 Å². The molecular weight excluding hydrogens is 441 g/mol. The van der Waals surface area contributed by atoms with Gasteiger partial charge < -0.3 is 0 Å². The zero-order chi connectivity index (χ0) is 16.5. The fourth-order valence-corrected chi connectivity index (χ4v) is 13.0. The van der Waals surface area contributed by atoms with E-state index in [9.17, 15) is 4.57 Å². The van der Waals surface area contributed by atoms with E-state index in [0.717, 1.165) is 0 Å². The second kappa shape index (κ2) is 9.81. The van der Waals surface area contributed by atoms with Gasteiger partial charge in [-0.15, -0.1) is 0 Å². The normalized spacial score (nSPS) is 11.8. The summed E-state index contributed by atoms with van der Waals surface area (Å²) >= 11 is 0.0773. The van der Waals surface area contributed by atoms with Crippen LogP contribution in [-0.2, 0) is 13.6 Å². The monoisotopic (exact) mass is 464 g/mol. The van der Waals surface area contributed by atoms with Crippen molar-refractivity contribution in [1.82, 2.24) is 0 Å². The third kappa shape index (κ3) is 5.89. The Bertz CT molecular complexity index is 571. The summed E-state index contributed by atoms with van der Waals surface area (Å²) in [5, 5.41) is 0. The first-order chi connectivity index (χ1) is 11.2. The molecule has 0 saturated heterocycles. The second-order valence-corrected chi connectivity index (χ2v) is 14.7. The van der Waals surface area contributed by atoms with E-state index in [0.29, 0.717) is 13.2 Å². The molecule has 0 heterocycles. The molecule has 0 bridgehead atoms. The molecule has 2 rings (SSSR count). The summed E-state index contributed by atoms with van der Waals surface area (Å²) in [5.74, 6) is 0. The molecule has 0 aliphatic carbocycles. The molecule has 0 aliphatic rings. The average Bonchev–Trinajstić information content (AvgIpc) is 2.57. The Morgan fingerprint density at radius 3 is 1.57 bits per heavy atom. The zero-order valence-electron chi connectivity index (χ0n) is 13.3. The standard InChI is InChI=1S/C17H21O3PSe2/c1-3-19-21(18,20-4-2)17(22-15-11-7-5-8-12-15)23-16-13-9-6-10-14-16/h5-14,17H,3-4H2,1-2H3. The molecule has 23 heavy (non-hydrogen) atoms. The van der Waals surface area contributed by atoms with Crippen molar-refractivity contribution >= 4 is 46.4 Å². The van der Waals surface area contributed by atoms with Crippen LogP contribution in [0.2, 0.25) is 0 Å². The van der Waals surface area contributed by atoms with Crippen molar-refractivity contribution in [2.45, 2.75) is 17.3 Å². The first-order valence-corrected chi connectivity index (χ1v) is 12.8. The fraction of sp³-hybridized carbons (Fsp3) is 0.294. The third-order valence-corrected chi connectivity index (χ3v) is 14.2. The summed E-state index contributed by atoms with van der Waals surface area (Å²) in [7, 11) is -3.10. The number of benzene rings is 2. The Kier molecular flexibility index (Phi) is 8.09. The average molecular weight is 462 g/mol. The van der Waals surface area contributed by atoms with Crippen molar-refractivity contribution in [3.05, 3.63) is 60.7 Å². The summed E-state index contributed by atoms with van der Waals surface area (Å²) in [6, 6.07) is 20.5. The molecule has 0 unspecified atom stereocenters. The number of hydrogen-bond donors (Lipinski definition) is 0. The van der Waals surface area contributed by atoms with E-state index in [2.05, 4.69) is 24.3 Å². The van der Waals surface area contributed by atoms with Gasteiger partial charge in [0, 0.05) is 0 Å². The molecule has 0 aliphatic heterocycles. The molecule has 0 radical (unpaired) electrons. The van der Waals surface area contributed by atoms with Gasteiger partial charge >= 0.3 is 151 Å². The molecule has 6 heteroatoms. The van der Waals surface area contributed by atoms with Crippen LogP contribution in [0.4, 0.5) is 0 Å². The van der Waals surface area contributed by atoms with Crippen molar-refractivity contribution in [3.8, 4) is 0 Å². The molecule has 124 valence electrons. The predicted octanol–water partition coefficient (Wildman–Crippen LogP) is 2.60. The van der Waals surface area contributed by atoms with Gasteiger partial charge in [0.25, 0.3) is 0 Å². The summed E-state index contributed by atoms with van der Waals surface area (Å²) < 4.78 is 27.0. The number of rotatable bonds is 9. The van der Waals surface area contributed by atoms with Gasteiger partial charge in [0.1, 0.15) is 0 Å². The van der Waals surface area contributed by atoms with E-state index < -0.39 is 7.60 Å². The molecule has 2 aromatic rings. The molecule has 0 amide bonds. The van der Waals surface area contributed by atoms with Crippen molar-refractivity contribution in [2.24, 2.45) is 0 Å². The molecule has 3 nitrogen and oxygen atoms in total. The summed E-state index contributed by atoms with van der Waals surface area (Å²) in [6.07, 6.45) is 0. The molecule has 0 saturated carbocycles. The maximum absolute atomic E-state index is 13.3. The Morgan fingerprint density at radius 2 is 1.22 bits per heavy atom. The van der Waals surface area contributed by atoms with Gasteiger partial charge in [0.2, 0.25) is 0 Å². The van der Waals surface area contributed by atoms with Crippen LogP contribution in [0.3, 0.4) is 0 Å². The van der Waals surface area contributed by atoms with Crippen LogP contribution in [0.1, 0.15) is 13.8 Å². The van der Waals surface area contributed by atoms with E-state index in [1.54, 1.807) is 0 Å². The van der Waals surface area contributed by atoms with Crippen molar-refractivity contribution in [3.63, 3.8) is 0 Å². The molecule has 0 aromatic heterocycles. The molecule has 0 N–H and O–H groups in total. The van der Waals surface area contributed by atoms with E-state index in [1.165, 1.54) is 8.92 Å². The Labute approximate surface area is 151 Å². The summed E-state index contributed by atoms with van der Waals surface area (Å²) in [4.78, 5) is 0. The molecule has 2 aromatic carbocycles.